The molecule has 0 atom stereocenters. The minimum atomic E-state index is -0.251. The van der Waals surface area contributed by atoms with Crippen LogP contribution in [0.3, 0.4) is 0 Å². The zero-order chi connectivity index (χ0) is 12.8. The van der Waals surface area contributed by atoms with Gasteiger partial charge in [0.2, 0.25) is 0 Å². The zero-order valence-corrected chi connectivity index (χ0v) is 11.3. The molecule has 0 unspecified atom stereocenters. The fourth-order valence-corrected chi connectivity index (χ4v) is 1.43. The van der Waals surface area contributed by atoms with Crippen LogP contribution in [0.15, 0.2) is 24.3 Å². The molecule has 0 aliphatic heterocycles. The number of ether oxygens (including phenoxy) is 1. The Labute approximate surface area is 106 Å². The lowest BCUT2D eigenvalue weighted by atomic mass is 10.1. The first-order chi connectivity index (χ1) is 8.31. The van der Waals surface area contributed by atoms with Gasteiger partial charge in [-0.1, -0.05) is 57.8 Å². The number of rotatable bonds is 10. The van der Waals surface area contributed by atoms with E-state index in [-0.39, 0.29) is 5.97 Å². The van der Waals surface area contributed by atoms with Crippen LogP contribution in [0, 0.1) is 0 Å². The predicted molar refractivity (Wildman–Crippen MR) is 72.9 cm³/mol. The number of allylic oxidation sites excluding steroid dienone is 3. The molecule has 0 aliphatic carbocycles. The lowest BCUT2D eigenvalue weighted by Crippen LogP contribution is -2.00. The Bertz CT molecular complexity index is 229. The normalized spacial score (nSPS) is 11.4. The van der Waals surface area contributed by atoms with Gasteiger partial charge in [-0.15, -0.1) is 0 Å². The molecule has 0 aromatic rings. The summed E-state index contributed by atoms with van der Waals surface area (Å²) in [6, 6.07) is 0. The molecule has 0 fully saturated rings. The third-order valence-electron chi connectivity index (χ3n) is 2.40. The Kier molecular flexibility index (Phi) is 12.2. The molecule has 0 spiro atoms. The second kappa shape index (κ2) is 13.0. The van der Waals surface area contributed by atoms with E-state index in [0.717, 1.165) is 12.8 Å². The van der Waals surface area contributed by atoms with E-state index in [4.69, 9.17) is 4.74 Å². The van der Waals surface area contributed by atoms with Gasteiger partial charge in [-0.05, 0) is 19.3 Å². The summed E-state index contributed by atoms with van der Waals surface area (Å²) in [5.41, 5.74) is 0. The van der Waals surface area contributed by atoms with Crippen LogP contribution in [0.25, 0.3) is 0 Å². The molecule has 2 heteroatoms. The SMILES string of the molecule is CCCCCCC/C=C/C=C/C(=O)OCCC. The van der Waals surface area contributed by atoms with Gasteiger partial charge >= 0.3 is 5.97 Å². The fraction of sp³-hybridized carbons (Fsp3) is 0.667. The van der Waals surface area contributed by atoms with Crippen LogP contribution in [0.4, 0.5) is 0 Å². The lowest BCUT2D eigenvalue weighted by Gasteiger charge is -1.96. The molecule has 0 radical (unpaired) electrons. The number of carbonyl (C=O) groups is 1. The summed E-state index contributed by atoms with van der Waals surface area (Å²) in [4.78, 5) is 11.1. The van der Waals surface area contributed by atoms with Crippen LogP contribution >= 0.6 is 0 Å². The third-order valence-corrected chi connectivity index (χ3v) is 2.40. The first-order valence-electron chi connectivity index (χ1n) is 6.81. The van der Waals surface area contributed by atoms with Gasteiger partial charge < -0.3 is 4.74 Å². The molecule has 0 amide bonds. The van der Waals surface area contributed by atoms with Crippen molar-refractivity contribution in [2.45, 2.75) is 58.8 Å². The average Bonchev–Trinajstić information content (AvgIpc) is 2.34. The Hall–Kier alpha value is -1.05. The van der Waals surface area contributed by atoms with Crippen LogP contribution in [0.2, 0.25) is 0 Å². The Morgan fingerprint density at radius 1 is 1.00 bits per heavy atom. The van der Waals surface area contributed by atoms with Crippen LogP contribution in [0.5, 0.6) is 0 Å². The quantitative estimate of drug-likeness (QED) is 0.244. The minimum Gasteiger partial charge on any atom is -0.463 e. The second-order valence-electron chi connectivity index (χ2n) is 4.16. The van der Waals surface area contributed by atoms with Crippen LogP contribution in [0.1, 0.15) is 58.8 Å². The van der Waals surface area contributed by atoms with Crippen molar-refractivity contribution in [1.29, 1.82) is 0 Å². The monoisotopic (exact) mass is 238 g/mol. The third kappa shape index (κ3) is 12.9. The van der Waals surface area contributed by atoms with Crippen molar-refractivity contribution < 1.29 is 9.53 Å². The lowest BCUT2D eigenvalue weighted by molar-refractivity contribution is -0.137. The van der Waals surface area contributed by atoms with Gasteiger partial charge in [0.05, 0.1) is 6.61 Å². The largest absolute Gasteiger partial charge is 0.463 e. The molecule has 0 heterocycles. The van der Waals surface area contributed by atoms with Gasteiger partial charge in [0, 0.05) is 6.08 Å². The van der Waals surface area contributed by atoms with Gasteiger partial charge in [-0.3, -0.25) is 0 Å². The van der Waals surface area contributed by atoms with Crippen LogP contribution in [-0.2, 0) is 9.53 Å². The molecule has 0 rings (SSSR count). The van der Waals surface area contributed by atoms with Gasteiger partial charge in [-0.25, -0.2) is 4.79 Å². The summed E-state index contributed by atoms with van der Waals surface area (Å²) in [7, 11) is 0. The van der Waals surface area contributed by atoms with Gasteiger partial charge in [-0.2, -0.15) is 0 Å². The molecule has 0 aliphatic rings. The predicted octanol–water partition coefficient (Wildman–Crippen LogP) is 4.41. The average molecular weight is 238 g/mol. The van der Waals surface area contributed by atoms with Crippen LogP contribution < -0.4 is 0 Å². The van der Waals surface area contributed by atoms with E-state index in [1.54, 1.807) is 6.08 Å². The summed E-state index contributed by atoms with van der Waals surface area (Å²) in [6.07, 6.45) is 15.7. The molecule has 2 nitrogen and oxygen atoms in total. The van der Waals surface area contributed by atoms with E-state index in [2.05, 4.69) is 13.0 Å². The van der Waals surface area contributed by atoms with Crippen molar-refractivity contribution in [2.75, 3.05) is 6.61 Å². The topological polar surface area (TPSA) is 26.3 Å². The molecule has 0 bridgehead atoms. The van der Waals surface area contributed by atoms with E-state index in [0.29, 0.717) is 6.61 Å². The Morgan fingerprint density at radius 2 is 1.76 bits per heavy atom. The highest BCUT2D eigenvalue weighted by molar-refractivity contribution is 5.82. The van der Waals surface area contributed by atoms with Gasteiger partial charge in [0.25, 0.3) is 0 Å². The van der Waals surface area contributed by atoms with E-state index in [1.165, 1.54) is 38.2 Å². The van der Waals surface area contributed by atoms with Crippen molar-refractivity contribution in [3.8, 4) is 0 Å². The zero-order valence-electron chi connectivity index (χ0n) is 11.3. The highest BCUT2D eigenvalue weighted by Crippen LogP contribution is 2.05. The summed E-state index contributed by atoms with van der Waals surface area (Å²) in [5.74, 6) is -0.251. The molecule has 98 valence electrons. The molecular weight excluding hydrogens is 212 g/mol. The molecule has 0 N–H and O–H groups in total. The first-order valence-corrected chi connectivity index (χ1v) is 6.81. The highest BCUT2D eigenvalue weighted by Gasteiger charge is 1.92. The number of unbranched alkanes of at least 4 members (excludes halogenated alkanes) is 5. The molecule has 0 saturated heterocycles. The summed E-state index contributed by atoms with van der Waals surface area (Å²) in [6.45, 7) is 4.71. The smallest absolute Gasteiger partial charge is 0.330 e. The van der Waals surface area contributed by atoms with Crippen molar-refractivity contribution in [3.05, 3.63) is 24.3 Å². The van der Waals surface area contributed by atoms with E-state index in [1.807, 2.05) is 13.0 Å². The van der Waals surface area contributed by atoms with Crippen molar-refractivity contribution >= 4 is 5.97 Å². The maximum atomic E-state index is 11.1. The van der Waals surface area contributed by atoms with Crippen molar-refractivity contribution in [3.63, 3.8) is 0 Å². The van der Waals surface area contributed by atoms with E-state index in [9.17, 15) is 4.79 Å². The molecule has 0 aromatic carbocycles. The molecular formula is C15H26O2. The van der Waals surface area contributed by atoms with E-state index >= 15 is 0 Å². The summed E-state index contributed by atoms with van der Waals surface area (Å²) >= 11 is 0. The molecule has 17 heavy (non-hydrogen) atoms. The van der Waals surface area contributed by atoms with Crippen molar-refractivity contribution in [1.82, 2.24) is 0 Å². The summed E-state index contributed by atoms with van der Waals surface area (Å²) < 4.78 is 4.90. The Balaban J connectivity index is 3.39. The fourth-order valence-electron chi connectivity index (χ4n) is 1.43. The maximum Gasteiger partial charge on any atom is 0.330 e. The number of hydrogen-bond donors (Lipinski definition) is 0. The molecule has 0 saturated carbocycles. The second-order valence-corrected chi connectivity index (χ2v) is 4.16. The standard InChI is InChI=1S/C15H26O2/c1-3-5-6-7-8-9-10-11-12-13-15(16)17-14-4-2/h10-13H,3-9,14H2,1-2H3/b11-10+,13-12+. The van der Waals surface area contributed by atoms with Gasteiger partial charge in [0.15, 0.2) is 0 Å². The number of esters is 1. The summed E-state index contributed by atoms with van der Waals surface area (Å²) in [5, 5.41) is 0. The first kappa shape index (κ1) is 16.0. The minimum absolute atomic E-state index is 0.251. The van der Waals surface area contributed by atoms with E-state index < -0.39 is 0 Å². The van der Waals surface area contributed by atoms with Crippen LogP contribution in [-0.4, -0.2) is 12.6 Å². The van der Waals surface area contributed by atoms with Gasteiger partial charge in [0.1, 0.15) is 0 Å². The molecule has 0 aromatic heterocycles. The number of hydrogen-bond acceptors (Lipinski definition) is 2. The Morgan fingerprint density at radius 3 is 2.47 bits per heavy atom. The van der Waals surface area contributed by atoms with Crippen molar-refractivity contribution in [2.24, 2.45) is 0 Å². The number of carbonyl (C=O) groups excluding carboxylic acids is 1. The highest BCUT2D eigenvalue weighted by atomic mass is 16.5. The maximum absolute atomic E-state index is 11.1.